The highest BCUT2D eigenvalue weighted by Crippen LogP contribution is 2.24. The topological polar surface area (TPSA) is 94.0 Å². The van der Waals surface area contributed by atoms with Gasteiger partial charge in [0.15, 0.2) is 5.65 Å². The Kier molecular flexibility index (Phi) is 3.42. The molecule has 1 unspecified atom stereocenters. The van der Waals surface area contributed by atoms with Gasteiger partial charge in [-0.2, -0.15) is 0 Å². The molecule has 0 bridgehead atoms. The minimum absolute atomic E-state index is 0.108. The Labute approximate surface area is 106 Å². The molecule has 0 spiro atoms. The van der Waals surface area contributed by atoms with E-state index in [4.69, 9.17) is 5.73 Å². The summed E-state index contributed by atoms with van der Waals surface area (Å²) in [7, 11) is 0. The van der Waals surface area contributed by atoms with Crippen LogP contribution in [0.4, 0.5) is 5.82 Å². The second-order valence-electron chi connectivity index (χ2n) is 5.39. The summed E-state index contributed by atoms with van der Waals surface area (Å²) < 4.78 is 1.41. The number of fused-ring (bicyclic) bond motifs is 1. The maximum absolute atomic E-state index is 5.66. The van der Waals surface area contributed by atoms with Crippen molar-refractivity contribution in [2.75, 3.05) is 11.9 Å². The van der Waals surface area contributed by atoms with E-state index in [0.29, 0.717) is 12.2 Å². The molecule has 98 valence electrons. The minimum Gasteiger partial charge on any atom is -0.365 e. The van der Waals surface area contributed by atoms with Crippen LogP contribution in [-0.4, -0.2) is 37.8 Å². The van der Waals surface area contributed by atoms with Gasteiger partial charge in [-0.25, -0.2) is 0 Å². The Hall–Kier alpha value is -1.76. The second-order valence-corrected chi connectivity index (χ2v) is 5.39. The van der Waals surface area contributed by atoms with E-state index in [-0.39, 0.29) is 11.5 Å². The summed E-state index contributed by atoms with van der Waals surface area (Å²) in [6, 6.07) is 3.96. The average molecular weight is 249 g/mol. The lowest BCUT2D eigenvalue weighted by Crippen LogP contribution is -2.36. The largest absolute Gasteiger partial charge is 0.365 e. The predicted molar refractivity (Wildman–Crippen MR) is 69.1 cm³/mol. The molecule has 0 aromatic carbocycles. The van der Waals surface area contributed by atoms with Crippen LogP contribution in [0.1, 0.15) is 27.2 Å². The first-order chi connectivity index (χ1) is 8.50. The fourth-order valence-electron chi connectivity index (χ4n) is 1.79. The molecular weight excluding hydrogens is 230 g/mol. The van der Waals surface area contributed by atoms with Gasteiger partial charge in [-0.1, -0.05) is 20.8 Å². The van der Waals surface area contributed by atoms with E-state index >= 15 is 0 Å². The number of aromatic nitrogens is 5. The summed E-state index contributed by atoms with van der Waals surface area (Å²) >= 11 is 0. The van der Waals surface area contributed by atoms with Gasteiger partial charge in [0.2, 0.25) is 0 Å². The lowest BCUT2D eigenvalue weighted by Gasteiger charge is -2.31. The van der Waals surface area contributed by atoms with Crippen LogP contribution in [0.3, 0.4) is 0 Å². The Morgan fingerprint density at radius 3 is 2.83 bits per heavy atom. The van der Waals surface area contributed by atoms with Crippen LogP contribution in [0.5, 0.6) is 0 Å². The van der Waals surface area contributed by atoms with Crippen molar-refractivity contribution >= 4 is 11.5 Å². The fourth-order valence-corrected chi connectivity index (χ4v) is 1.79. The smallest absolute Gasteiger partial charge is 0.200 e. The number of nitrogens with one attached hydrogen (secondary N) is 1. The highest BCUT2D eigenvalue weighted by atomic mass is 15.6. The van der Waals surface area contributed by atoms with Gasteiger partial charge in [-0.05, 0) is 40.9 Å². The molecule has 0 fully saturated rings. The Morgan fingerprint density at radius 2 is 2.17 bits per heavy atom. The monoisotopic (exact) mass is 249 g/mol. The van der Waals surface area contributed by atoms with Crippen LogP contribution in [0.2, 0.25) is 0 Å². The summed E-state index contributed by atoms with van der Waals surface area (Å²) in [6.45, 7) is 7.17. The molecule has 18 heavy (non-hydrogen) atoms. The van der Waals surface area contributed by atoms with E-state index in [0.717, 1.165) is 12.2 Å². The molecule has 7 heteroatoms. The van der Waals surface area contributed by atoms with Crippen molar-refractivity contribution in [2.24, 2.45) is 11.1 Å². The third-order valence-corrected chi connectivity index (χ3v) is 2.89. The molecule has 0 amide bonds. The maximum atomic E-state index is 5.66. The number of rotatable bonds is 4. The first-order valence-electron chi connectivity index (χ1n) is 6.03. The molecule has 0 saturated carbocycles. The molecule has 2 aromatic rings. The van der Waals surface area contributed by atoms with Crippen molar-refractivity contribution in [1.82, 2.24) is 25.3 Å². The number of nitrogens with two attached hydrogens (primary N) is 1. The average Bonchev–Trinajstić information content (AvgIpc) is 2.74. The van der Waals surface area contributed by atoms with Crippen molar-refractivity contribution in [3.63, 3.8) is 0 Å². The van der Waals surface area contributed by atoms with Crippen LogP contribution >= 0.6 is 0 Å². The van der Waals surface area contributed by atoms with E-state index in [9.17, 15) is 0 Å². The van der Waals surface area contributed by atoms with Crippen LogP contribution in [-0.2, 0) is 0 Å². The standard InChI is InChI=1S/C11H19N7/c1-11(2,3)8(6-7-12)13-9-4-5-10-14-16-17-18(10)15-9/h4-5,8H,6-7,12H2,1-3H3,(H,13,15). The molecule has 0 radical (unpaired) electrons. The van der Waals surface area contributed by atoms with E-state index in [1.807, 2.05) is 12.1 Å². The second kappa shape index (κ2) is 4.85. The normalized spacial score (nSPS) is 13.8. The van der Waals surface area contributed by atoms with Crippen molar-refractivity contribution in [3.05, 3.63) is 12.1 Å². The zero-order chi connectivity index (χ0) is 13.2. The Balaban J connectivity index is 2.19. The molecule has 0 aliphatic rings. The zero-order valence-corrected chi connectivity index (χ0v) is 11.0. The summed E-state index contributed by atoms with van der Waals surface area (Å²) in [6.07, 6.45) is 0.888. The SMILES string of the molecule is CC(C)(C)C(CCN)Nc1ccc2nnnn2n1. The Bertz CT molecular complexity index is 513. The van der Waals surface area contributed by atoms with Crippen LogP contribution in [0.25, 0.3) is 5.65 Å². The lowest BCUT2D eigenvalue weighted by molar-refractivity contribution is 0.328. The molecule has 0 aliphatic heterocycles. The summed E-state index contributed by atoms with van der Waals surface area (Å²) in [5.74, 6) is 0.753. The lowest BCUT2D eigenvalue weighted by atomic mass is 9.85. The van der Waals surface area contributed by atoms with Crippen molar-refractivity contribution in [2.45, 2.75) is 33.2 Å². The van der Waals surface area contributed by atoms with E-state index < -0.39 is 0 Å². The van der Waals surface area contributed by atoms with Crippen molar-refractivity contribution in [1.29, 1.82) is 0 Å². The van der Waals surface area contributed by atoms with Gasteiger partial charge in [0.25, 0.3) is 0 Å². The molecule has 2 aromatic heterocycles. The summed E-state index contributed by atoms with van der Waals surface area (Å²) in [5.41, 5.74) is 6.39. The molecule has 3 N–H and O–H groups in total. The van der Waals surface area contributed by atoms with Crippen LogP contribution in [0.15, 0.2) is 12.1 Å². The van der Waals surface area contributed by atoms with E-state index in [2.05, 4.69) is 46.7 Å². The number of hydrogen-bond acceptors (Lipinski definition) is 6. The van der Waals surface area contributed by atoms with Crippen LogP contribution < -0.4 is 11.1 Å². The highest BCUT2D eigenvalue weighted by molar-refractivity contribution is 5.42. The van der Waals surface area contributed by atoms with Crippen molar-refractivity contribution < 1.29 is 0 Å². The maximum Gasteiger partial charge on any atom is 0.200 e. The summed E-state index contributed by atoms with van der Waals surface area (Å²) in [5, 5.41) is 18.8. The van der Waals surface area contributed by atoms with E-state index in [1.165, 1.54) is 4.63 Å². The predicted octanol–water partition coefficient (Wildman–Crippen LogP) is 0.695. The molecule has 2 rings (SSSR count). The first-order valence-corrected chi connectivity index (χ1v) is 6.03. The molecule has 2 heterocycles. The van der Waals surface area contributed by atoms with Gasteiger partial charge < -0.3 is 11.1 Å². The first kappa shape index (κ1) is 12.7. The molecular formula is C11H19N7. The molecule has 7 nitrogen and oxygen atoms in total. The summed E-state index contributed by atoms with van der Waals surface area (Å²) in [4.78, 5) is 0. The highest BCUT2D eigenvalue weighted by Gasteiger charge is 2.24. The van der Waals surface area contributed by atoms with Gasteiger partial charge >= 0.3 is 0 Å². The third-order valence-electron chi connectivity index (χ3n) is 2.89. The molecule has 0 saturated heterocycles. The van der Waals surface area contributed by atoms with Gasteiger partial charge in [0.05, 0.1) is 0 Å². The van der Waals surface area contributed by atoms with Crippen molar-refractivity contribution in [3.8, 4) is 0 Å². The fraction of sp³-hybridized carbons (Fsp3) is 0.636. The number of anilines is 1. The number of tetrazole rings is 1. The zero-order valence-electron chi connectivity index (χ0n) is 11.0. The van der Waals surface area contributed by atoms with Gasteiger partial charge in [-0.3, -0.25) is 0 Å². The minimum atomic E-state index is 0.108. The third kappa shape index (κ3) is 2.73. The number of hydrogen-bond donors (Lipinski definition) is 2. The Morgan fingerprint density at radius 1 is 1.39 bits per heavy atom. The number of nitrogens with zero attached hydrogens (tertiary/aromatic N) is 5. The molecule has 1 atom stereocenters. The quantitative estimate of drug-likeness (QED) is 0.828. The van der Waals surface area contributed by atoms with E-state index in [1.54, 1.807) is 0 Å². The van der Waals surface area contributed by atoms with Gasteiger partial charge in [0.1, 0.15) is 5.82 Å². The van der Waals surface area contributed by atoms with Crippen LogP contribution in [0, 0.1) is 5.41 Å². The van der Waals surface area contributed by atoms with Gasteiger partial charge in [0, 0.05) is 6.04 Å². The molecule has 0 aliphatic carbocycles. The van der Waals surface area contributed by atoms with Gasteiger partial charge in [-0.15, -0.1) is 14.8 Å².